The average Bonchev–Trinajstić information content (AvgIpc) is 3.04. The van der Waals surface area contributed by atoms with E-state index in [1.165, 1.54) is 0 Å². The normalized spacial score (nSPS) is 20.9. The van der Waals surface area contributed by atoms with Gasteiger partial charge in [0.25, 0.3) is 0 Å². The van der Waals surface area contributed by atoms with Gasteiger partial charge in [-0.05, 0) is 12.5 Å². The van der Waals surface area contributed by atoms with Gasteiger partial charge in [-0.1, -0.05) is 30.3 Å². The van der Waals surface area contributed by atoms with Gasteiger partial charge in [0.2, 0.25) is 0 Å². The summed E-state index contributed by atoms with van der Waals surface area (Å²) in [5.74, 6) is 0.862. The predicted octanol–water partition coefficient (Wildman–Crippen LogP) is 1.40. The number of aryl methyl sites for hydroxylation is 1. The summed E-state index contributed by atoms with van der Waals surface area (Å²) in [6, 6.07) is 9.76. The second-order valence-electron chi connectivity index (χ2n) is 5.52. The van der Waals surface area contributed by atoms with Gasteiger partial charge in [0.15, 0.2) is 5.82 Å². The minimum Gasteiger partial charge on any atom is -0.387 e. The molecule has 118 valence electrons. The second kappa shape index (κ2) is 7.00. The first kappa shape index (κ1) is 15.1. The van der Waals surface area contributed by atoms with Crippen LogP contribution in [0.4, 0.5) is 0 Å². The van der Waals surface area contributed by atoms with Crippen LogP contribution in [0, 0.1) is 0 Å². The molecule has 22 heavy (non-hydrogen) atoms. The molecule has 2 heterocycles. The van der Waals surface area contributed by atoms with E-state index in [1.54, 1.807) is 6.33 Å². The van der Waals surface area contributed by atoms with Crippen LogP contribution >= 0.6 is 0 Å². The van der Waals surface area contributed by atoms with Gasteiger partial charge in [-0.25, -0.2) is 0 Å². The molecular formula is C16H22N4O2. The molecule has 0 bridgehead atoms. The zero-order chi connectivity index (χ0) is 15.4. The lowest BCUT2D eigenvalue weighted by atomic mass is 10.1. The average molecular weight is 302 g/mol. The smallest absolute Gasteiger partial charge is 0.163 e. The summed E-state index contributed by atoms with van der Waals surface area (Å²) in [7, 11) is 0. The Hall–Kier alpha value is -1.76. The maximum atomic E-state index is 10.4. The van der Waals surface area contributed by atoms with Crippen molar-refractivity contribution in [3.63, 3.8) is 0 Å². The Morgan fingerprint density at radius 3 is 2.95 bits per heavy atom. The first-order chi connectivity index (χ1) is 10.8. The molecule has 0 radical (unpaired) electrons. The van der Waals surface area contributed by atoms with Crippen LogP contribution in [0.5, 0.6) is 0 Å². The molecule has 6 heteroatoms. The van der Waals surface area contributed by atoms with E-state index in [2.05, 4.69) is 22.0 Å². The molecule has 2 aromatic rings. The predicted molar refractivity (Wildman–Crippen MR) is 82.2 cm³/mol. The summed E-state index contributed by atoms with van der Waals surface area (Å²) < 4.78 is 7.84. The van der Waals surface area contributed by atoms with Crippen LogP contribution in [0.3, 0.4) is 0 Å². The Labute approximate surface area is 130 Å². The van der Waals surface area contributed by atoms with Crippen molar-refractivity contribution in [1.82, 2.24) is 19.7 Å². The van der Waals surface area contributed by atoms with E-state index in [-0.39, 0.29) is 6.10 Å². The molecule has 1 aliphatic rings. The quantitative estimate of drug-likeness (QED) is 0.904. The molecule has 0 saturated carbocycles. The fourth-order valence-electron chi connectivity index (χ4n) is 2.81. The highest BCUT2D eigenvalue weighted by atomic mass is 16.5. The molecule has 0 aliphatic carbocycles. The zero-order valence-corrected chi connectivity index (χ0v) is 12.8. The number of rotatable bonds is 5. The topological polar surface area (TPSA) is 63.4 Å². The fraction of sp³-hybridized carbons (Fsp3) is 0.500. The number of aliphatic hydroxyl groups is 1. The number of ether oxygens (including phenoxy) is 1. The molecule has 1 aliphatic heterocycles. The Morgan fingerprint density at radius 2 is 2.18 bits per heavy atom. The lowest BCUT2D eigenvalue weighted by molar-refractivity contribution is -0.0476. The molecule has 0 unspecified atom stereocenters. The number of aliphatic hydroxyl groups excluding tert-OH is 1. The van der Waals surface area contributed by atoms with Gasteiger partial charge in [0.1, 0.15) is 12.4 Å². The fourth-order valence-corrected chi connectivity index (χ4v) is 2.81. The largest absolute Gasteiger partial charge is 0.387 e. The van der Waals surface area contributed by atoms with Crippen molar-refractivity contribution in [3.8, 4) is 0 Å². The zero-order valence-electron chi connectivity index (χ0n) is 12.8. The number of aromatic nitrogens is 3. The van der Waals surface area contributed by atoms with Gasteiger partial charge in [0, 0.05) is 26.2 Å². The van der Waals surface area contributed by atoms with Crippen LogP contribution in [0.2, 0.25) is 0 Å². The number of hydrogen-bond acceptors (Lipinski definition) is 5. The first-order valence-electron chi connectivity index (χ1n) is 7.72. The molecule has 3 rings (SSSR count). The number of nitrogens with zero attached hydrogens (tertiary/aromatic N) is 4. The van der Waals surface area contributed by atoms with Gasteiger partial charge >= 0.3 is 0 Å². The molecule has 1 saturated heterocycles. The highest BCUT2D eigenvalue weighted by Gasteiger charge is 2.27. The van der Waals surface area contributed by atoms with Crippen molar-refractivity contribution < 1.29 is 9.84 Å². The van der Waals surface area contributed by atoms with Crippen LogP contribution in [0.15, 0.2) is 36.7 Å². The lowest BCUT2D eigenvalue weighted by Crippen LogP contribution is -2.41. The molecular weight excluding hydrogens is 280 g/mol. The van der Waals surface area contributed by atoms with Crippen LogP contribution in [0.25, 0.3) is 0 Å². The summed E-state index contributed by atoms with van der Waals surface area (Å²) in [5, 5.41) is 18.5. The van der Waals surface area contributed by atoms with E-state index in [0.29, 0.717) is 13.2 Å². The Bertz CT molecular complexity index is 587. The van der Waals surface area contributed by atoms with Crippen molar-refractivity contribution in [2.75, 3.05) is 26.2 Å². The van der Waals surface area contributed by atoms with Crippen LogP contribution in [-0.4, -0.2) is 51.0 Å². The third-order valence-corrected chi connectivity index (χ3v) is 4.04. The van der Waals surface area contributed by atoms with E-state index in [4.69, 9.17) is 4.74 Å². The number of β-amino-alcohol motifs (C(OH)–C–C–N with tert-alkyl or cyclic N) is 1. The molecule has 1 aromatic heterocycles. The molecule has 0 spiro atoms. The van der Waals surface area contributed by atoms with Crippen molar-refractivity contribution in [1.29, 1.82) is 0 Å². The van der Waals surface area contributed by atoms with Crippen molar-refractivity contribution in [2.24, 2.45) is 0 Å². The van der Waals surface area contributed by atoms with Gasteiger partial charge in [-0.3, -0.25) is 4.90 Å². The van der Waals surface area contributed by atoms with E-state index in [1.807, 2.05) is 34.9 Å². The maximum Gasteiger partial charge on any atom is 0.163 e. The monoisotopic (exact) mass is 302 g/mol. The van der Waals surface area contributed by atoms with Gasteiger partial charge in [-0.2, -0.15) is 0 Å². The molecule has 2 atom stereocenters. The van der Waals surface area contributed by atoms with E-state index >= 15 is 0 Å². The minimum atomic E-state index is -0.482. The third-order valence-electron chi connectivity index (χ3n) is 4.04. The minimum absolute atomic E-state index is 0.0841. The molecule has 0 amide bonds. The maximum absolute atomic E-state index is 10.4. The molecule has 1 N–H and O–H groups in total. The highest BCUT2D eigenvalue weighted by molar-refractivity contribution is 5.17. The van der Waals surface area contributed by atoms with Gasteiger partial charge < -0.3 is 14.4 Å². The van der Waals surface area contributed by atoms with E-state index in [0.717, 1.165) is 31.0 Å². The number of hydrogen-bond donors (Lipinski definition) is 1. The molecule has 1 aromatic carbocycles. The lowest BCUT2D eigenvalue weighted by Gasteiger charge is -2.33. The van der Waals surface area contributed by atoms with E-state index in [9.17, 15) is 5.11 Å². The summed E-state index contributed by atoms with van der Waals surface area (Å²) >= 11 is 0. The third kappa shape index (κ3) is 3.35. The second-order valence-corrected chi connectivity index (χ2v) is 5.52. The van der Waals surface area contributed by atoms with Crippen LogP contribution in [0.1, 0.15) is 30.5 Å². The van der Waals surface area contributed by atoms with Gasteiger partial charge in [0.05, 0.1) is 12.7 Å². The first-order valence-corrected chi connectivity index (χ1v) is 7.72. The summed E-state index contributed by atoms with van der Waals surface area (Å²) in [6.45, 7) is 5.68. The van der Waals surface area contributed by atoms with Crippen LogP contribution < -0.4 is 0 Å². The Kier molecular flexibility index (Phi) is 4.82. The summed E-state index contributed by atoms with van der Waals surface area (Å²) in [5.41, 5.74) is 0.947. The molecule has 6 nitrogen and oxygen atoms in total. The van der Waals surface area contributed by atoms with Gasteiger partial charge in [-0.15, -0.1) is 10.2 Å². The Morgan fingerprint density at radius 1 is 1.36 bits per heavy atom. The molecule has 1 fully saturated rings. The van der Waals surface area contributed by atoms with Crippen LogP contribution in [-0.2, 0) is 11.3 Å². The van der Waals surface area contributed by atoms with E-state index < -0.39 is 6.10 Å². The van der Waals surface area contributed by atoms with Crippen molar-refractivity contribution in [3.05, 3.63) is 48.0 Å². The number of benzene rings is 1. The standard InChI is InChI=1S/C16H22N4O2/c1-2-20-12-17-18-16(20)15-11-19(8-9-22-15)10-14(21)13-6-4-3-5-7-13/h3-7,12,14-15,21H,2,8-11H2,1H3/t14-,15-/m0/s1. The number of morpholine rings is 1. The van der Waals surface area contributed by atoms with Crippen molar-refractivity contribution >= 4 is 0 Å². The summed E-state index contributed by atoms with van der Waals surface area (Å²) in [6.07, 6.45) is 1.17. The van der Waals surface area contributed by atoms with Crippen molar-refractivity contribution in [2.45, 2.75) is 25.7 Å². The SMILES string of the molecule is CCn1cnnc1[C@@H]1CN(C[C@H](O)c2ccccc2)CCO1. The Balaban J connectivity index is 1.63. The highest BCUT2D eigenvalue weighted by Crippen LogP contribution is 2.22. The summed E-state index contributed by atoms with van der Waals surface area (Å²) in [4.78, 5) is 2.22.